The second-order valence-corrected chi connectivity index (χ2v) is 9.89. The highest BCUT2D eigenvalue weighted by Gasteiger charge is 2.17. The molecular weight excluding hydrogens is 514 g/mol. The zero-order valence-corrected chi connectivity index (χ0v) is 23.6. The standard InChI is InChI=1S/C29H34F2N8O/c1-18-16-39(6)28-20(15-32)11-19(12-21(18)28)22-7-8-34-29(35-22)36-24-13-23(33-2)25(38(5)10-9-37(3)4)14-26(24)40-17-27(30)31/h7-8,11-14,16,27,33H,9-10,17H2,1-6H3,(H,34,35,36). The molecule has 0 spiro atoms. The summed E-state index contributed by atoms with van der Waals surface area (Å²) in [6.07, 6.45) is 0.974. The Morgan fingerprint density at radius 1 is 1.12 bits per heavy atom. The largest absolute Gasteiger partial charge is 0.485 e. The molecule has 2 heterocycles. The van der Waals surface area contributed by atoms with Crippen molar-refractivity contribution in [2.24, 2.45) is 7.05 Å². The first kappa shape index (κ1) is 28.6. The van der Waals surface area contributed by atoms with Gasteiger partial charge in [-0.05, 0) is 50.8 Å². The molecule has 0 aliphatic heterocycles. The van der Waals surface area contributed by atoms with Crippen LogP contribution in [0, 0.1) is 18.3 Å². The summed E-state index contributed by atoms with van der Waals surface area (Å²) in [4.78, 5) is 13.1. The van der Waals surface area contributed by atoms with Crippen LogP contribution in [-0.2, 0) is 7.05 Å². The summed E-state index contributed by atoms with van der Waals surface area (Å²) >= 11 is 0. The Balaban J connectivity index is 1.72. The first-order valence-electron chi connectivity index (χ1n) is 12.8. The van der Waals surface area contributed by atoms with Gasteiger partial charge < -0.3 is 29.7 Å². The van der Waals surface area contributed by atoms with Gasteiger partial charge in [0.25, 0.3) is 6.43 Å². The fourth-order valence-electron chi connectivity index (χ4n) is 4.60. The van der Waals surface area contributed by atoms with Crippen LogP contribution in [0.25, 0.3) is 22.2 Å². The first-order valence-corrected chi connectivity index (χ1v) is 12.8. The number of nitrogens with zero attached hydrogens (tertiary/aromatic N) is 6. The normalized spacial score (nSPS) is 11.2. The van der Waals surface area contributed by atoms with Crippen LogP contribution in [0.1, 0.15) is 11.1 Å². The molecule has 0 saturated carbocycles. The summed E-state index contributed by atoms with van der Waals surface area (Å²) in [6.45, 7) is 2.80. The molecule has 11 heteroatoms. The number of likely N-dealkylation sites (N-methyl/N-ethyl adjacent to an activating group) is 2. The van der Waals surface area contributed by atoms with Gasteiger partial charge in [0.05, 0.1) is 33.8 Å². The van der Waals surface area contributed by atoms with Crippen molar-refractivity contribution in [2.75, 3.05) is 63.4 Å². The highest BCUT2D eigenvalue weighted by Crippen LogP contribution is 2.38. The highest BCUT2D eigenvalue weighted by atomic mass is 19.3. The van der Waals surface area contributed by atoms with E-state index in [1.807, 2.05) is 62.9 Å². The fourth-order valence-corrected chi connectivity index (χ4v) is 4.60. The van der Waals surface area contributed by atoms with Crippen molar-refractivity contribution >= 4 is 33.9 Å². The lowest BCUT2D eigenvalue weighted by molar-refractivity contribution is 0.0823. The number of anilines is 4. The minimum Gasteiger partial charge on any atom is -0.485 e. The van der Waals surface area contributed by atoms with Crippen molar-refractivity contribution in [3.8, 4) is 23.1 Å². The molecule has 2 N–H and O–H groups in total. The zero-order valence-electron chi connectivity index (χ0n) is 23.6. The van der Waals surface area contributed by atoms with Crippen LogP contribution in [-0.4, -0.2) is 73.7 Å². The Hall–Kier alpha value is -4.43. The maximum absolute atomic E-state index is 13.1. The van der Waals surface area contributed by atoms with Gasteiger partial charge in [0.1, 0.15) is 18.4 Å². The molecule has 0 bridgehead atoms. The van der Waals surface area contributed by atoms with E-state index < -0.39 is 13.0 Å². The average molecular weight is 549 g/mol. The number of halogens is 2. The van der Waals surface area contributed by atoms with E-state index in [0.717, 1.165) is 46.5 Å². The maximum atomic E-state index is 13.1. The van der Waals surface area contributed by atoms with Gasteiger partial charge in [-0.25, -0.2) is 18.7 Å². The maximum Gasteiger partial charge on any atom is 0.272 e. The lowest BCUT2D eigenvalue weighted by Crippen LogP contribution is -2.29. The average Bonchev–Trinajstić information content (AvgIpc) is 3.23. The summed E-state index contributed by atoms with van der Waals surface area (Å²) in [7, 11) is 9.64. The second-order valence-electron chi connectivity index (χ2n) is 9.89. The van der Waals surface area contributed by atoms with Crippen LogP contribution in [0.15, 0.2) is 42.7 Å². The van der Waals surface area contributed by atoms with E-state index in [4.69, 9.17) is 4.74 Å². The lowest BCUT2D eigenvalue weighted by atomic mass is 10.0. The van der Waals surface area contributed by atoms with Gasteiger partial charge in [-0.15, -0.1) is 0 Å². The molecule has 0 unspecified atom stereocenters. The quantitative estimate of drug-likeness (QED) is 0.263. The van der Waals surface area contributed by atoms with Crippen LogP contribution < -0.4 is 20.3 Å². The SMILES string of the molecule is CNc1cc(Nc2nccc(-c3cc(C#N)c4c(c3)c(C)cn4C)n2)c(OCC(F)F)cc1N(C)CCN(C)C. The van der Waals surface area contributed by atoms with Crippen molar-refractivity contribution < 1.29 is 13.5 Å². The Bertz CT molecular complexity index is 1540. The van der Waals surface area contributed by atoms with Crippen molar-refractivity contribution in [1.29, 1.82) is 5.26 Å². The Morgan fingerprint density at radius 2 is 1.90 bits per heavy atom. The molecule has 40 heavy (non-hydrogen) atoms. The number of ether oxygens (including phenoxy) is 1. The van der Waals surface area contributed by atoms with Crippen molar-refractivity contribution in [3.63, 3.8) is 0 Å². The number of aromatic nitrogens is 3. The van der Waals surface area contributed by atoms with Gasteiger partial charge >= 0.3 is 0 Å². The number of hydrogen-bond acceptors (Lipinski definition) is 8. The third kappa shape index (κ3) is 6.24. The first-order chi connectivity index (χ1) is 19.1. The fraction of sp³-hybridized carbons (Fsp3) is 0.345. The lowest BCUT2D eigenvalue weighted by Gasteiger charge is -2.26. The van der Waals surface area contributed by atoms with Gasteiger partial charge in [0.15, 0.2) is 0 Å². The van der Waals surface area contributed by atoms with E-state index in [0.29, 0.717) is 16.9 Å². The Morgan fingerprint density at radius 3 is 2.58 bits per heavy atom. The molecule has 4 aromatic rings. The van der Waals surface area contributed by atoms with Crippen LogP contribution in [0.3, 0.4) is 0 Å². The van der Waals surface area contributed by atoms with E-state index in [-0.39, 0.29) is 11.7 Å². The number of alkyl halides is 2. The molecule has 4 rings (SSSR count). The minimum atomic E-state index is -2.63. The smallest absolute Gasteiger partial charge is 0.272 e. The van der Waals surface area contributed by atoms with Gasteiger partial charge in [-0.2, -0.15) is 5.26 Å². The molecule has 0 amide bonds. The molecule has 0 saturated heterocycles. The predicted octanol–water partition coefficient (Wildman–Crippen LogP) is 5.24. The number of benzene rings is 2. The molecule has 0 atom stereocenters. The minimum absolute atomic E-state index is 0.258. The number of nitriles is 1. The number of fused-ring (bicyclic) bond motifs is 1. The highest BCUT2D eigenvalue weighted by molar-refractivity contribution is 5.92. The van der Waals surface area contributed by atoms with Crippen LogP contribution >= 0.6 is 0 Å². The third-order valence-electron chi connectivity index (χ3n) is 6.62. The number of nitrogens with one attached hydrogen (secondary N) is 2. The molecule has 0 fully saturated rings. The van der Waals surface area contributed by atoms with Gasteiger partial charge in [-0.1, -0.05) is 0 Å². The molecule has 0 aliphatic carbocycles. The van der Waals surface area contributed by atoms with Crippen molar-refractivity contribution in [2.45, 2.75) is 13.3 Å². The molecule has 9 nitrogen and oxygen atoms in total. The molecule has 210 valence electrons. The zero-order chi connectivity index (χ0) is 29.0. The Kier molecular flexibility index (Phi) is 8.70. The summed E-state index contributed by atoms with van der Waals surface area (Å²) in [6, 6.07) is 11.4. The number of hydrogen-bond donors (Lipinski definition) is 2. The number of aryl methyl sites for hydroxylation is 2. The molecule has 2 aromatic heterocycles. The topological polar surface area (TPSA) is 94.3 Å². The molecule has 0 radical (unpaired) electrons. The van der Waals surface area contributed by atoms with Crippen LogP contribution in [0.5, 0.6) is 5.75 Å². The van der Waals surface area contributed by atoms with E-state index in [2.05, 4.69) is 31.6 Å². The van der Waals surface area contributed by atoms with Gasteiger partial charge in [-0.3, -0.25) is 0 Å². The summed E-state index contributed by atoms with van der Waals surface area (Å²) < 4.78 is 33.7. The third-order valence-corrected chi connectivity index (χ3v) is 6.62. The van der Waals surface area contributed by atoms with E-state index in [1.165, 1.54) is 0 Å². The number of rotatable bonds is 11. The molecule has 0 aliphatic rings. The van der Waals surface area contributed by atoms with E-state index >= 15 is 0 Å². The van der Waals surface area contributed by atoms with E-state index in [9.17, 15) is 14.0 Å². The summed E-state index contributed by atoms with van der Waals surface area (Å²) in [5.74, 6) is 0.520. The van der Waals surface area contributed by atoms with Gasteiger partial charge in [0.2, 0.25) is 5.95 Å². The second kappa shape index (κ2) is 12.2. The van der Waals surface area contributed by atoms with Crippen molar-refractivity contribution in [1.82, 2.24) is 19.4 Å². The Labute approximate surface area is 233 Å². The van der Waals surface area contributed by atoms with Gasteiger partial charge in [0, 0.05) is 63.6 Å². The monoisotopic (exact) mass is 548 g/mol. The van der Waals surface area contributed by atoms with E-state index in [1.54, 1.807) is 31.4 Å². The van der Waals surface area contributed by atoms with Crippen LogP contribution in [0.4, 0.5) is 31.8 Å². The predicted molar refractivity (Wildman–Crippen MR) is 156 cm³/mol. The van der Waals surface area contributed by atoms with Crippen LogP contribution in [0.2, 0.25) is 0 Å². The molecule has 2 aromatic carbocycles. The summed E-state index contributed by atoms with van der Waals surface area (Å²) in [5, 5.41) is 17.1. The summed E-state index contributed by atoms with van der Waals surface area (Å²) in [5.41, 5.74) is 5.89. The van der Waals surface area contributed by atoms with Crippen molar-refractivity contribution in [3.05, 3.63) is 53.9 Å². The molecular formula is C29H34F2N8O.